The number of amides is 1. The zero-order chi connectivity index (χ0) is 16.8. The Hall–Kier alpha value is -2.57. The third-order valence-electron chi connectivity index (χ3n) is 3.51. The molecule has 2 aromatic heterocycles. The minimum atomic E-state index is -0.0780. The van der Waals surface area contributed by atoms with Gasteiger partial charge in [-0.2, -0.15) is 0 Å². The number of benzene rings is 1. The predicted molar refractivity (Wildman–Crippen MR) is 95.8 cm³/mol. The van der Waals surface area contributed by atoms with Crippen LogP contribution >= 0.6 is 11.3 Å². The number of nitrogens with zero attached hydrogens (tertiary/aromatic N) is 2. The van der Waals surface area contributed by atoms with Crippen molar-refractivity contribution in [2.75, 3.05) is 5.32 Å². The SMILES string of the molecule is NCc1nc(CC(=O)Nc2ccc(Cc3ccncc3)cc2)cs1. The van der Waals surface area contributed by atoms with Crippen LogP contribution in [-0.2, 0) is 24.2 Å². The van der Waals surface area contributed by atoms with Gasteiger partial charge in [0.25, 0.3) is 0 Å². The van der Waals surface area contributed by atoms with Gasteiger partial charge in [0, 0.05) is 30.0 Å². The lowest BCUT2D eigenvalue weighted by Crippen LogP contribution is -2.14. The number of thiazole rings is 1. The van der Waals surface area contributed by atoms with Crippen molar-refractivity contribution in [1.82, 2.24) is 9.97 Å². The topological polar surface area (TPSA) is 80.9 Å². The summed E-state index contributed by atoms with van der Waals surface area (Å²) >= 11 is 1.48. The second kappa shape index (κ2) is 7.81. The van der Waals surface area contributed by atoms with Crippen LogP contribution in [0.3, 0.4) is 0 Å². The van der Waals surface area contributed by atoms with Crippen molar-refractivity contribution in [3.05, 3.63) is 76.0 Å². The standard InChI is InChI=1S/C18H18N4OS/c19-11-18-22-16(12-24-18)10-17(23)21-15-3-1-13(2-4-15)9-14-5-7-20-8-6-14/h1-8,12H,9-11,19H2,(H,21,23). The Labute approximate surface area is 144 Å². The van der Waals surface area contributed by atoms with Crippen LogP contribution < -0.4 is 11.1 Å². The summed E-state index contributed by atoms with van der Waals surface area (Å²) < 4.78 is 0. The van der Waals surface area contributed by atoms with Crippen LogP contribution in [0.4, 0.5) is 5.69 Å². The van der Waals surface area contributed by atoms with Crippen LogP contribution in [0.5, 0.6) is 0 Å². The molecule has 3 rings (SSSR count). The molecule has 3 aromatic rings. The molecule has 6 heteroatoms. The molecule has 3 N–H and O–H groups in total. The summed E-state index contributed by atoms with van der Waals surface area (Å²) in [6.07, 6.45) is 4.68. The van der Waals surface area contributed by atoms with Crippen molar-refractivity contribution in [1.29, 1.82) is 0 Å². The highest BCUT2D eigenvalue weighted by Gasteiger charge is 2.08. The molecular weight excluding hydrogens is 320 g/mol. The summed E-state index contributed by atoms with van der Waals surface area (Å²) in [6.45, 7) is 0.408. The number of hydrogen-bond acceptors (Lipinski definition) is 5. The Morgan fingerprint density at radius 1 is 1.08 bits per heavy atom. The first-order chi connectivity index (χ1) is 11.7. The molecule has 24 heavy (non-hydrogen) atoms. The summed E-state index contributed by atoms with van der Waals surface area (Å²) in [5, 5.41) is 5.61. The lowest BCUT2D eigenvalue weighted by molar-refractivity contribution is -0.115. The lowest BCUT2D eigenvalue weighted by Gasteiger charge is -2.06. The Bertz CT molecular complexity index is 799. The van der Waals surface area contributed by atoms with Crippen molar-refractivity contribution in [2.24, 2.45) is 5.73 Å². The van der Waals surface area contributed by atoms with E-state index in [1.165, 1.54) is 22.5 Å². The first-order valence-electron chi connectivity index (χ1n) is 7.64. The summed E-state index contributed by atoms with van der Waals surface area (Å²) in [6, 6.07) is 11.9. The third kappa shape index (κ3) is 4.47. The molecule has 0 aliphatic heterocycles. The second-order valence-electron chi connectivity index (χ2n) is 5.39. The molecule has 1 aromatic carbocycles. The number of carbonyl (C=O) groups excluding carboxylic acids is 1. The monoisotopic (exact) mass is 338 g/mol. The van der Waals surface area contributed by atoms with Gasteiger partial charge in [-0.15, -0.1) is 11.3 Å². The average Bonchev–Trinajstić information content (AvgIpc) is 3.05. The van der Waals surface area contributed by atoms with Gasteiger partial charge in [-0.3, -0.25) is 9.78 Å². The van der Waals surface area contributed by atoms with Gasteiger partial charge in [0.05, 0.1) is 12.1 Å². The van der Waals surface area contributed by atoms with Crippen molar-refractivity contribution in [3.8, 4) is 0 Å². The highest BCUT2D eigenvalue weighted by atomic mass is 32.1. The molecule has 1 amide bonds. The van der Waals surface area contributed by atoms with Crippen LogP contribution in [0.15, 0.2) is 54.2 Å². The van der Waals surface area contributed by atoms with Gasteiger partial charge < -0.3 is 11.1 Å². The highest BCUT2D eigenvalue weighted by Crippen LogP contribution is 2.14. The van der Waals surface area contributed by atoms with Gasteiger partial charge in [-0.05, 0) is 41.8 Å². The van der Waals surface area contributed by atoms with Gasteiger partial charge in [0.1, 0.15) is 5.01 Å². The number of rotatable bonds is 6. The molecule has 0 bridgehead atoms. The molecular formula is C18H18N4OS. The molecule has 0 fully saturated rings. The first kappa shape index (κ1) is 16.3. The van der Waals surface area contributed by atoms with Crippen LogP contribution in [0.2, 0.25) is 0 Å². The number of hydrogen-bond donors (Lipinski definition) is 2. The second-order valence-corrected chi connectivity index (χ2v) is 6.33. The Morgan fingerprint density at radius 2 is 1.79 bits per heavy atom. The van der Waals surface area contributed by atoms with Gasteiger partial charge in [-0.25, -0.2) is 4.98 Å². The molecule has 0 spiro atoms. The first-order valence-corrected chi connectivity index (χ1v) is 8.52. The molecule has 0 aliphatic carbocycles. The van der Waals surface area contributed by atoms with Crippen LogP contribution in [0, 0.1) is 0 Å². The average molecular weight is 338 g/mol. The molecule has 0 aliphatic rings. The maximum Gasteiger partial charge on any atom is 0.230 e. The highest BCUT2D eigenvalue weighted by molar-refractivity contribution is 7.09. The van der Waals surface area contributed by atoms with E-state index in [9.17, 15) is 4.79 Å². The quantitative estimate of drug-likeness (QED) is 0.724. The molecule has 0 unspecified atom stereocenters. The van der Waals surface area contributed by atoms with Crippen molar-refractivity contribution >= 4 is 22.9 Å². The fourth-order valence-corrected chi connectivity index (χ4v) is 3.01. The number of carbonyl (C=O) groups is 1. The van der Waals surface area contributed by atoms with Gasteiger partial charge in [0.15, 0.2) is 0 Å². The smallest absolute Gasteiger partial charge is 0.230 e. The van der Waals surface area contributed by atoms with E-state index in [0.717, 1.165) is 22.8 Å². The zero-order valence-electron chi connectivity index (χ0n) is 13.1. The van der Waals surface area contributed by atoms with Gasteiger partial charge >= 0.3 is 0 Å². The predicted octanol–water partition coefficient (Wildman–Crippen LogP) is 2.77. The van der Waals surface area contributed by atoms with E-state index in [4.69, 9.17) is 5.73 Å². The summed E-state index contributed by atoms with van der Waals surface area (Å²) in [7, 11) is 0. The van der Waals surface area contributed by atoms with E-state index < -0.39 is 0 Å². The largest absolute Gasteiger partial charge is 0.326 e. The van der Waals surface area contributed by atoms with Crippen LogP contribution in [0.25, 0.3) is 0 Å². The molecule has 0 atom stereocenters. The number of pyridine rings is 1. The number of nitrogens with one attached hydrogen (secondary N) is 1. The minimum absolute atomic E-state index is 0.0780. The van der Waals surface area contributed by atoms with Crippen molar-refractivity contribution < 1.29 is 4.79 Å². The maximum absolute atomic E-state index is 12.1. The van der Waals surface area contributed by atoms with Crippen molar-refractivity contribution in [3.63, 3.8) is 0 Å². The molecule has 5 nitrogen and oxygen atoms in total. The minimum Gasteiger partial charge on any atom is -0.326 e. The Morgan fingerprint density at radius 3 is 2.46 bits per heavy atom. The number of anilines is 1. The normalized spacial score (nSPS) is 10.5. The summed E-state index contributed by atoms with van der Waals surface area (Å²) in [5.41, 5.74) is 9.47. The third-order valence-corrected chi connectivity index (χ3v) is 4.43. The van der Waals surface area contributed by atoms with E-state index in [1.807, 2.05) is 41.8 Å². The summed E-state index contributed by atoms with van der Waals surface area (Å²) in [4.78, 5) is 20.4. The molecule has 0 saturated carbocycles. The van der Waals surface area contributed by atoms with Gasteiger partial charge in [0.2, 0.25) is 5.91 Å². The number of aromatic nitrogens is 2. The van der Waals surface area contributed by atoms with E-state index in [1.54, 1.807) is 12.4 Å². The van der Waals surface area contributed by atoms with Crippen LogP contribution in [0.1, 0.15) is 21.8 Å². The molecule has 2 heterocycles. The lowest BCUT2D eigenvalue weighted by atomic mass is 10.1. The molecule has 0 radical (unpaired) electrons. The van der Waals surface area contributed by atoms with Gasteiger partial charge in [-0.1, -0.05) is 12.1 Å². The zero-order valence-corrected chi connectivity index (χ0v) is 13.9. The van der Waals surface area contributed by atoms with E-state index in [0.29, 0.717) is 6.54 Å². The van der Waals surface area contributed by atoms with E-state index in [2.05, 4.69) is 15.3 Å². The van der Waals surface area contributed by atoms with Crippen molar-refractivity contribution in [2.45, 2.75) is 19.4 Å². The fourth-order valence-electron chi connectivity index (χ4n) is 2.34. The van der Waals surface area contributed by atoms with E-state index in [-0.39, 0.29) is 12.3 Å². The van der Waals surface area contributed by atoms with Crippen LogP contribution in [-0.4, -0.2) is 15.9 Å². The summed E-state index contributed by atoms with van der Waals surface area (Å²) in [5.74, 6) is -0.0780. The molecule has 0 saturated heterocycles. The maximum atomic E-state index is 12.1. The fraction of sp³-hybridized carbons (Fsp3) is 0.167. The number of nitrogens with two attached hydrogens (primary N) is 1. The Kier molecular flexibility index (Phi) is 5.30. The Balaban J connectivity index is 1.56. The van der Waals surface area contributed by atoms with E-state index >= 15 is 0 Å². The molecule has 122 valence electrons.